The summed E-state index contributed by atoms with van der Waals surface area (Å²) >= 11 is 0. The van der Waals surface area contributed by atoms with E-state index in [1.54, 1.807) is 0 Å². The fraction of sp³-hybridized carbons (Fsp3) is 0.217. The molecule has 0 radical (unpaired) electrons. The van der Waals surface area contributed by atoms with Crippen molar-refractivity contribution in [3.63, 3.8) is 0 Å². The number of benzene rings is 2. The standard InChI is InChI=1S/C23H20F2N4O5/c1-29-19(17(10-27-29)20(30)31)28-21(32)23(24,25)12-26-22(33)34-11-18-15-8-4-2-6-13(15)14-7-3-5-9-16(14)18/h2-10,18H,11-12H2,1H3,(H,26,33)(H,28,32)(H,30,31). The van der Waals surface area contributed by atoms with Gasteiger partial charge in [-0.1, -0.05) is 48.5 Å². The second kappa shape index (κ2) is 8.93. The molecular formula is C23H20F2N4O5. The summed E-state index contributed by atoms with van der Waals surface area (Å²) in [6, 6.07) is 15.3. The fourth-order valence-electron chi connectivity index (χ4n) is 3.85. The molecule has 3 N–H and O–H groups in total. The first kappa shape index (κ1) is 22.9. The number of anilines is 1. The highest BCUT2D eigenvalue weighted by Crippen LogP contribution is 2.44. The first-order valence-electron chi connectivity index (χ1n) is 10.2. The van der Waals surface area contributed by atoms with Crippen LogP contribution in [0.5, 0.6) is 0 Å². The SMILES string of the molecule is Cn1ncc(C(=O)O)c1NC(=O)C(F)(F)CNC(=O)OCC1c2ccccc2-c2ccccc21. The van der Waals surface area contributed by atoms with E-state index in [1.807, 2.05) is 59.2 Å². The van der Waals surface area contributed by atoms with Gasteiger partial charge in [-0.15, -0.1) is 0 Å². The third kappa shape index (κ3) is 4.32. The quantitative estimate of drug-likeness (QED) is 0.487. The van der Waals surface area contributed by atoms with Crippen molar-refractivity contribution in [1.82, 2.24) is 15.1 Å². The van der Waals surface area contributed by atoms with E-state index >= 15 is 0 Å². The molecule has 0 atom stereocenters. The van der Waals surface area contributed by atoms with E-state index in [9.17, 15) is 23.2 Å². The fourth-order valence-corrected chi connectivity index (χ4v) is 3.85. The number of amides is 2. The average molecular weight is 470 g/mol. The number of halogens is 2. The molecule has 0 saturated heterocycles. The number of aromatic nitrogens is 2. The van der Waals surface area contributed by atoms with Gasteiger partial charge in [0.2, 0.25) is 0 Å². The van der Waals surface area contributed by atoms with Crippen molar-refractivity contribution in [3.8, 4) is 11.1 Å². The number of nitrogens with zero attached hydrogens (tertiary/aromatic N) is 2. The molecule has 3 aromatic rings. The maximum absolute atomic E-state index is 14.3. The zero-order valence-electron chi connectivity index (χ0n) is 17.9. The number of carbonyl (C=O) groups is 3. The van der Waals surface area contributed by atoms with Crippen LogP contribution in [0.4, 0.5) is 19.4 Å². The summed E-state index contributed by atoms with van der Waals surface area (Å²) in [7, 11) is 1.29. The molecule has 0 spiro atoms. The average Bonchev–Trinajstić information content (AvgIpc) is 3.34. The van der Waals surface area contributed by atoms with Crippen LogP contribution in [0.3, 0.4) is 0 Å². The molecule has 9 nitrogen and oxygen atoms in total. The molecule has 0 bridgehead atoms. The number of carboxylic acids is 1. The van der Waals surface area contributed by atoms with Crippen LogP contribution in [0, 0.1) is 0 Å². The number of hydrogen-bond acceptors (Lipinski definition) is 5. The minimum atomic E-state index is -4.04. The summed E-state index contributed by atoms with van der Waals surface area (Å²) in [5, 5.41) is 16.4. The Hall–Kier alpha value is -4.28. The first-order chi connectivity index (χ1) is 16.2. The number of ether oxygens (including phenoxy) is 1. The lowest BCUT2D eigenvalue weighted by atomic mass is 9.98. The van der Waals surface area contributed by atoms with Crippen molar-refractivity contribution in [2.24, 2.45) is 7.05 Å². The molecule has 176 valence electrons. The molecule has 0 saturated carbocycles. The second-order valence-corrected chi connectivity index (χ2v) is 7.67. The minimum Gasteiger partial charge on any atom is -0.477 e. The van der Waals surface area contributed by atoms with Crippen molar-refractivity contribution in [3.05, 3.63) is 71.4 Å². The topological polar surface area (TPSA) is 123 Å². The largest absolute Gasteiger partial charge is 0.477 e. The van der Waals surface area contributed by atoms with Gasteiger partial charge >= 0.3 is 18.0 Å². The Labute approximate surface area is 192 Å². The lowest BCUT2D eigenvalue weighted by Crippen LogP contribution is -2.45. The van der Waals surface area contributed by atoms with Gasteiger partial charge in [-0.25, -0.2) is 9.59 Å². The number of alkyl carbamates (subject to hydrolysis) is 1. The molecular weight excluding hydrogens is 450 g/mol. The van der Waals surface area contributed by atoms with Gasteiger partial charge in [0.15, 0.2) is 0 Å². The lowest BCUT2D eigenvalue weighted by molar-refractivity contribution is -0.138. The number of aryl methyl sites for hydroxylation is 1. The summed E-state index contributed by atoms with van der Waals surface area (Å²) in [6.07, 6.45) is -0.188. The molecule has 1 aliphatic carbocycles. The first-order valence-corrected chi connectivity index (χ1v) is 10.2. The van der Waals surface area contributed by atoms with E-state index in [-0.39, 0.29) is 12.5 Å². The van der Waals surface area contributed by atoms with Crippen LogP contribution in [0.2, 0.25) is 0 Å². The lowest BCUT2D eigenvalue weighted by Gasteiger charge is -2.18. The van der Waals surface area contributed by atoms with E-state index in [1.165, 1.54) is 7.05 Å². The van der Waals surface area contributed by atoms with Gasteiger partial charge in [0, 0.05) is 13.0 Å². The van der Waals surface area contributed by atoms with E-state index in [0.29, 0.717) is 0 Å². The number of aromatic carboxylic acids is 1. The Balaban J connectivity index is 1.36. The predicted octanol–water partition coefficient (Wildman–Crippen LogP) is 3.23. The molecule has 0 unspecified atom stereocenters. The van der Waals surface area contributed by atoms with E-state index in [2.05, 4.69) is 5.10 Å². The Kier molecular flexibility index (Phi) is 6.01. The van der Waals surface area contributed by atoms with Crippen molar-refractivity contribution in [1.29, 1.82) is 0 Å². The summed E-state index contributed by atoms with van der Waals surface area (Å²) in [5.74, 6) is -7.92. The van der Waals surface area contributed by atoms with Crippen molar-refractivity contribution >= 4 is 23.8 Å². The second-order valence-electron chi connectivity index (χ2n) is 7.67. The number of nitrogens with one attached hydrogen (secondary N) is 2. The van der Waals surface area contributed by atoms with Crippen LogP contribution in [-0.4, -0.2) is 51.9 Å². The molecule has 11 heteroatoms. The Morgan fingerprint density at radius 1 is 1.09 bits per heavy atom. The summed E-state index contributed by atoms with van der Waals surface area (Å²) in [6.45, 7) is -1.41. The summed E-state index contributed by atoms with van der Waals surface area (Å²) in [5.41, 5.74) is 3.52. The van der Waals surface area contributed by atoms with Crippen LogP contribution in [0.15, 0.2) is 54.7 Å². The predicted molar refractivity (Wildman–Crippen MR) is 117 cm³/mol. The van der Waals surface area contributed by atoms with Gasteiger partial charge in [0.05, 0.1) is 12.7 Å². The zero-order chi connectivity index (χ0) is 24.5. The van der Waals surface area contributed by atoms with E-state index in [4.69, 9.17) is 9.84 Å². The summed E-state index contributed by atoms with van der Waals surface area (Å²) in [4.78, 5) is 35.3. The molecule has 0 aliphatic heterocycles. The van der Waals surface area contributed by atoms with E-state index < -0.39 is 41.8 Å². The maximum Gasteiger partial charge on any atom is 0.407 e. The number of alkyl halides is 2. The van der Waals surface area contributed by atoms with Crippen molar-refractivity contribution < 1.29 is 33.0 Å². The molecule has 1 heterocycles. The van der Waals surface area contributed by atoms with Gasteiger partial charge in [0.25, 0.3) is 5.91 Å². The van der Waals surface area contributed by atoms with Crippen molar-refractivity contribution in [2.75, 3.05) is 18.5 Å². The Bertz CT molecular complexity index is 1230. The van der Waals surface area contributed by atoms with Gasteiger partial charge in [-0.2, -0.15) is 13.9 Å². The number of carbonyl (C=O) groups excluding carboxylic acids is 2. The Morgan fingerprint density at radius 2 is 1.68 bits per heavy atom. The van der Waals surface area contributed by atoms with Crippen LogP contribution < -0.4 is 10.6 Å². The van der Waals surface area contributed by atoms with Crippen LogP contribution in [-0.2, 0) is 16.6 Å². The molecule has 2 aromatic carbocycles. The molecule has 2 amide bonds. The molecule has 0 fully saturated rings. The highest BCUT2D eigenvalue weighted by molar-refractivity contribution is 6.01. The highest BCUT2D eigenvalue weighted by Gasteiger charge is 2.40. The number of hydrogen-bond donors (Lipinski definition) is 3. The molecule has 34 heavy (non-hydrogen) atoms. The maximum atomic E-state index is 14.3. The third-order valence-electron chi connectivity index (χ3n) is 5.53. The molecule has 4 rings (SSSR count). The minimum absolute atomic E-state index is 0.0748. The third-order valence-corrected chi connectivity index (χ3v) is 5.53. The van der Waals surface area contributed by atoms with Gasteiger partial charge < -0.3 is 20.5 Å². The number of fused-ring (bicyclic) bond motifs is 3. The van der Waals surface area contributed by atoms with Crippen LogP contribution in [0.1, 0.15) is 27.4 Å². The van der Waals surface area contributed by atoms with Gasteiger partial charge in [0.1, 0.15) is 18.0 Å². The van der Waals surface area contributed by atoms with Gasteiger partial charge in [-0.05, 0) is 22.3 Å². The number of rotatable bonds is 7. The number of carboxylic acid groups (broad SMARTS) is 1. The van der Waals surface area contributed by atoms with Gasteiger partial charge in [-0.3, -0.25) is 9.48 Å². The zero-order valence-corrected chi connectivity index (χ0v) is 17.9. The Morgan fingerprint density at radius 3 is 2.26 bits per heavy atom. The van der Waals surface area contributed by atoms with Crippen molar-refractivity contribution in [2.45, 2.75) is 11.8 Å². The highest BCUT2D eigenvalue weighted by atomic mass is 19.3. The van der Waals surface area contributed by atoms with Crippen LogP contribution >= 0.6 is 0 Å². The molecule has 1 aliphatic rings. The smallest absolute Gasteiger partial charge is 0.407 e. The summed E-state index contributed by atoms with van der Waals surface area (Å²) < 4.78 is 34.7. The molecule has 1 aromatic heterocycles. The normalized spacial score (nSPS) is 12.6. The van der Waals surface area contributed by atoms with E-state index in [0.717, 1.165) is 33.1 Å². The monoisotopic (exact) mass is 470 g/mol. The van der Waals surface area contributed by atoms with Crippen LogP contribution in [0.25, 0.3) is 11.1 Å².